The van der Waals surface area contributed by atoms with Crippen molar-refractivity contribution < 1.29 is 9.53 Å². The van der Waals surface area contributed by atoms with Crippen molar-refractivity contribution in [2.45, 2.75) is 18.9 Å². The maximum atomic E-state index is 12.9. The topological polar surface area (TPSA) is 81.1 Å². The Balaban J connectivity index is 1.47. The minimum Gasteiger partial charge on any atom is -0.458 e. The fourth-order valence-electron chi connectivity index (χ4n) is 3.01. The Morgan fingerprint density at radius 3 is 2.69 bits per heavy atom. The van der Waals surface area contributed by atoms with E-state index in [0.29, 0.717) is 29.2 Å². The number of benzene rings is 1. The van der Waals surface area contributed by atoms with Gasteiger partial charge < -0.3 is 9.64 Å². The van der Waals surface area contributed by atoms with Crippen LogP contribution >= 0.6 is 11.6 Å². The van der Waals surface area contributed by atoms with E-state index in [-0.39, 0.29) is 18.0 Å². The zero-order chi connectivity index (χ0) is 17.9. The summed E-state index contributed by atoms with van der Waals surface area (Å²) in [5.41, 5.74) is 2.07. The highest BCUT2D eigenvalue weighted by atomic mass is 35.5. The second-order valence-corrected chi connectivity index (χ2v) is 6.51. The molecule has 1 amide bonds. The number of ether oxygens (including phenoxy) is 1. The van der Waals surface area contributed by atoms with Gasteiger partial charge in [0.25, 0.3) is 5.91 Å². The predicted molar refractivity (Wildman–Crippen MR) is 96.1 cm³/mol. The summed E-state index contributed by atoms with van der Waals surface area (Å²) in [4.78, 5) is 31.2. The standard InChI is InChI=1S/C18H16ClN5O2/c19-13-9-22-18(23-10-13)26-14-2-1-7-24(11-14)17(25)12-3-4-15-16(8-12)21-6-5-20-15/h3-6,8-10,14H,1-2,7,11H2. The molecule has 0 N–H and O–H groups in total. The molecule has 26 heavy (non-hydrogen) atoms. The van der Waals surface area contributed by atoms with Crippen molar-refractivity contribution in [1.82, 2.24) is 24.8 Å². The summed E-state index contributed by atoms with van der Waals surface area (Å²) < 4.78 is 5.80. The van der Waals surface area contributed by atoms with Crippen LogP contribution in [0.25, 0.3) is 11.0 Å². The highest BCUT2D eigenvalue weighted by Crippen LogP contribution is 2.19. The van der Waals surface area contributed by atoms with E-state index in [2.05, 4.69) is 19.9 Å². The molecule has 1 unspecified atom stereocenters. The van der Waals surface area contributed by atoms with Gasteiger partial charge in [0.2, 0.25) is 0 Å². The van der Waals surface area contributed by atoms with Crippen molar-refractivity contribution in [1.29, 1.82) is 0 Å². The van der Waals surface area contributed by atoms with Gasteiger partial charge >= 0.3 is 6.01 Å². The Labute approximate surface area is 155 Å². The van der Waals surface area contributed by atoms with Crippen molar-refractivity contribution >= 4 is 28.5 Å². The summed E-state index contributed by atoms with van der Waals surface area (Å²) in [6, 6.07) is 5.65. The van der Waals surface area contributed by atoms with E-state index >= 15 is 0 Å². The molecule has 1 aliphatic heterocycles. The molecule has 0 saturated carbocycles. The van der Waals surface area contributed by atoms with Crippen LogP contribution in [0, 0.1) is 0 Å². The first kappa shape index (κ1) is 16.7. The maximum Gasteiger partial charge on any atom is 0.316 e. The molecular weight excluding hydrogens is 354 g/mol. The largest absolute Gasteiger partial charge is 0.458 e. The lowest BCUT2D eigenvalue weighted by molar-refractivity contribution is 0.0516. The lowest BCUT2D eigenvalue weighted by atomic mass is 10.1. The molecule has 1 aliphatic rings. The van der Waals surface area contributed by atoms with Crippen molar-refractivity contribution in [2.24, 2.45) is 0 Å². The van der Waals surface area contributed by atoms with Crippen LogP contribution < -0.4 is 4.74 Å². The quantitative estimate of drug-likeness (QED) is 0.706. The normalized spacial score (nSPS) is 17.3. The molecule has 0 radical (unpaired) electrons. The van der Waals surface area contributed by atoms with Crippen molar-refractivity contribution in [2.75, 3.05) is 13.1 Å². The first-order chi connectivity index (χ1) is 12.7. The number of likely N-dealkylation sites (tertiary alicyclic amines) is 1. The molecule has 132 valence electrons. The Bertz CT molecular complexity index is 934. The van der Waals surface area contributed by atoms with E-state index in [9.17, 15) is 4.79 Å². The number of fused-ring (bicyclic) bond motifs is 1. The molecular formula is C18H16ClN5O2. The van der Waals surface area contributed by atoms with Crippen LogP contribution in [-0.4, -0.2) is 49.9 Å². The number of carbonyl (C=O) groups excluding carboxylic acids is 1. The second-order valence-electron chi connectivity index (χ2n) is 6.08. The lowest BCUT2D eigenvalue weighted by Crippen LogP contribution is -2.44. The first-order valence-electron chi connectivity index (χ1n) is 8.33. The van der Waals surface area contributed by atoms with Crippen LogP contribution in [0.5, 0.6) is 6.01 Å². The smallest absolute Gasteiger partial charge is 0.316 e. The third kappa shape index (κ3) is 3.57. The number of aromatic nitrogens is 4. The van der Waals surface area contributed by atoms with Gasteiger partial charge in [0, 0.05) is 24.5 Å². The van der Waals surface area contributed by atoms with E-state index in [1.165, 1.54) is 12.4 Å². The van der Waals surface area contributed by atoms with Gasteiger partial charge in [-0.15, -0.1) is 0 Å². The van der Waals surface area contributed by atoms with Crippen LogP contribution in [0.2, 0.25) is 5.02 Å². The zero-order valence-corrected chi connectivity index (χ0v) is 14.6. The van der Waals surface area contributed by atoms with Crippen molar-refractivity contribution in [3.05, 3.63) is 53.6 Å². The summed E-state index contributed by atoms with van der Waals surface area (Å²) in [7, 11) is 0. The van der Waals surface area contributed by atoms with Gasteiger partial charge in [-0.05, 0) is 31.0 Å². The van der Waals surface area contributed by atoms with E-state index in [1.54, 1.807) is 29.4 Å². The van der Waals surface area contributed by atoms with E-state index < -0.39 is 0 Å². The van der Waals surface area contributed by atoms with Crippen LogP contribution in [-0.2, 0) is 0 Å². The van der Waals surface area contributed by atoms with Crippen LogP contribution in [0.15, 0.2) is 43.0 Å². The first-order valence-corrected chi connectivity index (χ1v) is 8.71. The third-order valence-corrected chi connectivity index (χ3v) is 4.45. The van der Waals surface area contributed by atoms with Gasteiger partial charge in [-0.1, -0.05) is 11.6 Å². The fraction of sp³-hybridized carbons (Fsp3) is 0.278. The van der Waals surface area contributed by atoms with Crippen molar-refractivity contribution in [3.63, 3.8) is 0 Å². The molecule has 1 aromatic carbocycles. The zero-order valence-electron chi connectivity index (χ0n) is 13.9. The number of hydrogen-bond donors (Lipinski definition) is 0. The van der Waals surface area contributed by atoms with E-state index in [0.717, 1.165) is 18.4 Å². The molecule has 0 aliphatic carbocycles. The van der Waals surface area contributed by atoms with Crippen LogP contribution in [0.1, 0.15) is 23.2 Å². The molecule has 7 nitrogen and oxygen atoms in total. The Kier molecular flexibility index (Phi) is 4.62. The van der Waals surface area contributed by atoms with Gasteiger partial charge in [0.05, 0.1) is 35.0 Å². The van der Waals surface area contributed by atoms with Crippen LogP contribution in [0.3, 0.4) is 0 Å². The summed E-state index contributed by atoms with van der Waals surface area (Å²) in [6.07, 6.45) is 7.80. The van der Waals surface area contributed by atoms with Gasteiger partial charge in [-0.3, -0.25) is 14.8 Å². The molecule has 1 saturated heterocycles. The van der Waals surface area contributed by atoms with E-state index in [4.69, 9.17) is 16.3 Å². The molecule has 1 atom stereocenters. The summed E-state index contributed by atoms with van der Waals surface area (Å²) in [5.74, 6) is -0.0390. The molecule has 3 heterocycles. The Morgan fingerprint density at radius 1 is 1.12 bits per heavy atom. The number of nitrogens with zero attached hydrogens (tertiary/aromatic N) is 5. The molecule has 4 rings (SSSR count). The van der Waals surface area contributed by atoms with Crippen molar-refractivity contribution in [3.8, 4) is 6.01 Å². The highest BCUT2D eigenvalue weighted by molar-refractivity contribution is 6.30. The number of carbonyl (C=O) groups is 1. The maximum absolute atomic E-state index is 12.9. The Hall–Kier alpha value is -2.80. The summed E-state index contributed by atoms with van der Waals surface area (Å²) in [6.45, 7) is 1.18. The number of amides is 1. The average Bonchev–Trinajstić information content (AvgIpc) is 2.69. The molecule has 8 heteroatoms. The predicted octanol–water partition coefficient (Wildman–Crippen LogP) is 2.76. The minimum atomic E-state index is -0.144. The van der Waals surface area contributed by atoms with Gasteiger partial charge in [-0.25, -0.2) is 9.97 Å². The Morgan fingerprint density at radius 2 is 1.88 bits per heavy atom. The van der Waals surface area contributed by atoms with Gasteiger partial charge in [0.1, 0.15) is 6.10 Å². The molecule has 3 aromatic rings. The lowest BCUT2D eigenvalue weighted by Gasteiger charge is -2.32. The average molecular weight is 370 g/mol. The summed E-state index contributed by atoms with van der Waals surface area (Å²) in [5, 5.41) is 0.456. The molecule has 1 fully saturated rings. The number of rotatable bonds is 3. The minimum absolute atomic E-state index is 0.0390. The fourth-order valence-corrected chi connectivity index (χ4v) is 3.11. The molecule has 0 bridgehead atoms. The number of hydrogen-bond acceptors (Lipinski definition) is 6. The molecule has 0 spiro atoms. The highest BCUT2D eigenvalue weighted by Gasteiger charge is 2.26. The number of halogens is 1. The summed E-state index contributed by atoms with van der Waals surface area (Å²) >= 11 is 5.79. The third-order valence-electron chi connectivity index (χ3n) is 4.25. The molecule has 2 aromatic heterocycles. The van der Waals surface area contributed by atoms with Gasteiger partial charge in [-0.2, -0.15) is 0 Å². The number of piperidine rings is 1. The SMILES string of the molecule is O=C(c1ccc2nccnc2c1)N1CCCC(Oc2ncc(Cl)cn2)C1. The monoisotopic (exact) mass is 369 g/mol. The van der Waals surface area contributed by atoms with Crippen LogP contribution in [0.4, 0.5) is 0 Å². The van der Waals surface area contributed by atoms with Gasteiger partial charge in [0.15, 0.2) is 0 Å². The second kappa shape index (κ2) is 7.21. The van der Waals surface area contributed by atoms with E-state index in [1.807, 2.05) is 6.07 Å².